The van der Waals surface area contributed by atoms with Gasteiger partial charge in [-0.15, -0.1) is 12.4 Å². The van der Waals surface area contributed by atoms with Gasteiger partial charge in [-0.05, 0) is 17.9 Å². The molecular formula is C13H19BrClN3O4S. The van der Waals surface area contributed by atoms with E-state index in [2.05, 4.69) is 15.9 Å². The minimum Gasteiger partial charge on any atom is -0.327 e. The Kier molecular flexibility index (Phi) is 6.20. The average Bonchev–Trinajstić information content (AvgIpc) is 2.40. The molecule has 1 heterocycles. The summed E-state index contributed by atoms with van der Waals surface area (Å²) >= 11 is 3.12. The first-order valence-corrected chi connectivity index (χ1v) is 8.98. The molecule has 1 fully saturated rings. The first-order chi connectivity index (χ1) is 10.0. The van der Waals surface area contributed by atoms with Gasteiger partial charge in [0.15, 0.2) is 0 Å². The predicted molar refractivity (Wildman–Crippen MR) is 93.2 cm³/mol. The molecule has 0 amide bonds. The van der Waals surface area contributed by atoms with Gasteiger partial charge in [0, 0.05) is 35.7 Å². The van der Waals surface area contributed by atoms with Crippen LogP contribution in [0.2, 0.25) is 0 Å². The number of hydrogen-bond donors (Lipinski definition) is 1. The molecule has 0 bridgehead atoms. The molecule has 1 unspecified atom stereocenters. The molecule has 23 heavy (non-hydrogen) atoms. The summed E-state index contributed by atoms with van der Waals surface area (Å²) in [5.74, 6) is 0. The largest absolute Gasteiger partial charge is 0.327 e. The summed E-state index contributed by atoms with van der Waals surface area (Å²) in [7, 11) is -3.79. The second-order valence-corrected chi connectivity index (χ2v) is 8.98. The summed E-state index contributed by atoms with van der Waals surface area (Å²) in [5.41, 5.74) is 5.42. The predicted octanol–water partition coefficient (Wildman–Crippen LogP) is 2.53. The number of non-ortho nitro benzene ring substituents is 1. The van der Waals surface area contributed by atoms with Gasteiger partial charge in [-0.2, -0.15) is 4.31 Å². The van der Waals surface area contributed by atoms with Gasteiger partial charge in [0.05, 0.1) is 9.82 Å². The number of halogens is 2. The van der Waals surface area contributed by atoms with Crippen LogP contribution in [-0.4, -0.2) is 36.8 Å². The molecule has 2 N–H and O–H groups in total. The second-order valence-electron chi connectivity index (χ2n) is 6.12. The summed E-state index contributed by atoms with van der Waals surface area (Å²) in [5, 5.41) is 10.9. The maximum Gasteiger partial charge on any atom is 0.271 e. The standard InChI is InChI=1S/C13H18BrN3O4S.ClH/c1-13(2)8-16(4-3-12(13)15)22(20,21)11-6-9(14)5-10(7-11)17(18)19;/h5-7,12H,3-4,8,15H2,1-2H3;1H. The first kappa shape index (κ1) is 20.3. The van der Waals surface area contributed by atoms with Gasteiger partial charge in [-0.1, -0.05) is 29.8 Å². The number of nitro benzene ring substituents is 1. The average molecular weight is 429 g/mol. The lowest BCUT2D eigenvalue weighted by Gasteiger charge is -2.41. The smallest absolute Gasteiger partial charge is 0.271 e. The molecule has 1 aromatic carbocycles. The molecule has 1 saturated heterocycles. The van der Waals surface area contributed by atoms with Crippen molar-refractivity contribution in [3.8, 4) is 0 Å². The minimum absolute atomic E-state index is 0. The van der Waals surface area contributed by atoms with Gasteiger partial charge < -0.3 is 5.73 Å². The van der Waals surface area contributed by atoms with Crippen molar-refractivity contribution in [1.29, 1.82) is 0 Å². The van der Waals surface area contributed by atoms with Crippen molar-refractivity contribution in [2.24, 2.45) is 11.1 Å². The van der Waals surface area contributed by atoms with Crippen LogP contribution in [0.3, 0.4) is 0 Å². The number of hydrogen-bond acceptors (Lipinski definition) is 5. The second kappa shape index (κ2) is 7.02. The lowest BCUT2D eigenvalue weighted by atomic mass is 9.81. The summed E-state index contributed by atoms with van der Waals surface area (Å²) in [6, 6.07) is 3.66. The zero-order chi connectivity index (χ0) is 16.7. The molecule has 0 aromatic heterocycles. The van der Waals surface area contributed by atoms with Gasteiger partial charge in [0.2, 0.25) is 10.0 Å². The Hall–Kier alpha value is -0.740. The zero-order valence-corrected chi connectivity index (χ0v) is 15.9. The molecule has 130 valence electrons. The van der Waals surface area contributed by atoms with Crippen molar-refractivity contribution in [2.45, 2.75) is 31.2 Å². The summed E-state index contributed by atoms with van der Waals surface area (Å²) in [6.07, 6.45) is 0.558. The Morgan fingerprint density at radius 1 is 1.39 bits per heavy atom. The quantitative estimate of drug-likeness (QED) is 0.588. The van der Waals surface area contributed by atoms with Crippen LogP contribution in [0, 0.1) is 15.5 Å². The molecule has 0 spiro atoms. The Morgan fingerprint density at radius 2 is 2.00 bits per heavy atom. The molecular weight excluding hydrogens is 410 g/mol. The Labute approximate surface area is 150 Å². The number of nitro groups is 1. The molecule has 1 aliphatic heterocycles. The van der Waals surface area contributed by atoms with E-state index in [0.717, 1.165) is 6.07 Å². The van der Waals surface area contributed by atoms with E-state index in [1.165, 1.54) is 16.4 Å². The highest BCUT2D eigenvalue weighted by atomic mass is 79.9. The fourth-order valence-electron chi connectivity index (χ4n) is 2.48. The fraction of sp³-hybridized carbons (Fsp3) is 0.538. The molecule has 1 atom stereocenters. The number of nitrogens with two attached hydrogens (primary N) is 1. The van der Waals surface area contributed by atoms with E-state index in [0.29, 0.717) is 17.4 Å². The van der Waals surface area contributed by atoms with E-state index in [1.807, 2.05) is 13.8 Å². The van der Waals surface area contributed by atoms with E-state index in [9.17, 15) is 18.5 Å². The van der Waals surface area contributed by atoms with Crippen LogP contribution in [-0.2, 0) is 10.0 Å². The monoisotopic (exact) mass is 427 g/mol. The number of sulfonamides is 1. The van der Waals surface area contributed by atoms with Crippen molar-refractivity contribution in [3.63, 3.8) is 0 Å². The molecule has 1 aliphatic rings. The fourth-order valence-corrected chi connectivity index (χ4v) is 4.81. The van der Waals surface area contributed by atoms with Crippen LogP contribution in [0.15, 0.2) is 27.6 Å². The van der Waals surface area contributed by atoms with Gasteiger partial charge in [-0.3, -0.25) is 10.1 Å². The van der Waals surface area contributed by atoms with Crippen LogP contribution < -0.4 is 5.73 Å². The van der Waals surface area contributed by atoms with Crippen molar-refractivity contribution in [3.05, 3.63) is 32.8 Å². The topological polar surface area (TPSA) is 107 Å². The van der Waals surface area contributed by atoms with Crippen LogP contribution in [0.1, 0.15) is 20.3 Å². The van der Waals surface area contributed by atoms with Crippen molar-refractivity contribution >= 4 is 44.0 Å². The van der Waals surface area contributed by atoms with Crippen molar-refractivity contribution in [1.82, 2.24) is 4.31 Å². The maximum absolute atomic E-state index is 12.8. The third-order valence-electron chi connectivity index (χ3n) is 3.98. The van der Waals surface area contributed by atoms with Crippen LogP contribution in [0.25, 0.3) is 0 Å². The number of rotatable bonds is 3. The third-order valence-corrected chi connectivity index (χ3v) is 6.26. The summed E-state index contributed by atoms with van der Waals surface area (Å²) in [6.45, 7) is 4.44. The Bertz CT molecular complexity index is 711. The van der Waals surface area contributed by atoms with Crippen LogP contribution >= 0.6 is 28.3 Å². The van der Waals surface area contributed by atoms with Gasteiger partial charge in [0.1, 0.15) is 0 Å². The highest BCUT2D eigenvalue weighted by molar-refractivity contribution is 9.10. The molecule has 2 rings (SSSR count). The normalized spacial score (nSPS) is 21.5. The molecule has 1 aromatic rings. The van der Waals surface area contributed by atoms with Crippen molar-refractivity contribution in [2.75, 3.05) is 13.1 Å². The van der Waals surface area contributed by atoms with Gasteiger partial charge >= 0.3 is 0 Å². The van der Waals surface area contributed by atoms with E-state index in [-0.39, 0.29) is 41.0 Å². The van der Waals surface area contributed by atoms with E-state index in [4.69, 9.17) is 5.73 Å². The molecule has 0 aliphatic carbocycles. The summed E-state index contributed by atoms with van der Waals surface area (Å²) < 4.78 is 27.2. The van der Waals surface area contributed by atoms with E-state index >= 15 is 0 Å². The number of benzene rings is 1. The lowest BCUT2D eigenvalue weighted by molar-refractivity contribution is -0.385. The lowest BCUT2D eigenvalue weighted by Crippen LogP contribution is -2.53. The highest BCUT2D eigenvalue weighted by Gasteiger charge is 2.39. The van der Waals surface area contributed by atoms with Gasteiger partial charge in [0.25, 0.3) is 5.69 Å². The van der Waals surface area contributed by atoms with E-state index in [1.54, 1.807) is 0 Å². The SMILES string of the molecule is CC1(C)CN(S(=O)(=O)c2cc(Br)cc([N+](=O)[O-])c2)CCC1N.Cl. The molecule has 10 heteroatoms. The number of nitrogens with zero attached hydrogens (tertiary/aromatic N) is 2. The minimum atomic E-state index is -3.79. The maximum atomic E-state index is 12.8. The molecule has 0 radical (unpaired) electrons. The van der Waals surface area contributed by atoms with Crippen LogP contribution in [0.5, 0.6) is 0 Å². The Balaban J connectivity index is 0.00000264. The first-order valence-electron chi connectivity index (χ1n) is 6.75. The van der Waals surface area contributed by atoms with Crippen LogP contribution in [0.4, 0.5) is 5.69 Å². The third kappa shape index (κ3) is 4.21. The molecule has 7 nitrogen and oxygen atoms in total. The summed E-state index contributed by atoms with van der Waals surface area (Å²) in [4.78, 5) is 10.2. The zero-order valence-electron chi connectivity index (χ0n) is 12.7. The van der Waals surface area contributed by atoms with Crippen molar-refractivity contribution < 1.29 is 13.3 Å². The highest BCUT2D eigenvalue weighted by Crippen LogP contribution is 2.33. The number of piperidine rings is 1. The molecule has 0 saturated carbocycles. The Morgan fingerprint density at radius 3 is 2.52 bits per heavy atom. The van der Waals surface area contributed by atoms with E-state index < -0.39 is 14.9 Å². The van der Waals surface area contributed by atoms with Gasteiger partial charge in [-0.25, -0.2) is 8.42 Å².